The van der Waals surface area contributed by atoms with Crippen LogP contribution < -0.4 is 0 Å². The molecule has 0 aliphatic heterocycles. The Hall–Kier alpha value is -8.15. The van der Waals surface area contributed by atoms with Crippen LogP contribution in [-0.4, -0.2) is 24.9 Å². The van der Waals surface area contributed by atoms with Gasteiger partial charge in [-0.25, -0.2) is 19.9 Å². The zero-order valence-corrected chi connectivity index (χ0v) is 34.8. The molecule has 12 rings (SSSR count). The lowest BCUT2D eigenvalue weighted by atomic mass is 9.81. The zero-order valence-electron chi connectivity index (χ0n) is 34.8. The first-order valence-corrected chi connectivity index (χ1v) is 21.4. The van der Waals surface area contributed by atoms with E-state index in [9.17, 15) is 0 Å². The maximum absolute atomic E-state index is 5.44. The van der Waals surface area contributed by atoms with E-state index in [0.717, 1.165) is 94.3 Å². The first-order valence-electron chi connectivity index (χ1n) is 21.4. The summed E-state index contributed by atoms with van der Waals surface area (Å²) < 4.78 is 0. The Morgan fingerprint density at radius 2 is 0.889 bits per heavy atom. The molecular weight excluding hydrogens is 767 g/mol. The van der Waals surface area contributed by atoms with E-state index in [2.05, 4.69) is 172 Å². The van der Waals surface area contributed by atoms with Gasteiger partial charge in [0.15, 0.2) is 5.82 Å². The minimum absolute atomic E-state index is 0.273. The predicted molar refractivity (Wildman–Crippen MR) is 258 cm³/mol. The molecule has 0 amide bonds. The van der Waals surface area contributed by atoms with Crippen LogP contribution in [0.3, 0.4) is 0 Å². The molecule has 0 saturated carbocycles. The van der Waals surface area contributed by atoms with Crippen LogP contribution in [0.15, 0.2) is 200 Å². The Balaban J connectivity index is 0.955. The van der Waals surface area contributed by atoms with Crippen molar-refractivity contribution >= 4 is 32.8 Å². The molecule has 0 saturated heterocycles. The molecule has 0 spiro atoms. The molecule has 11 aromatic rings. The van der Waals surface area contributed by atoms with Gasteiger partial charge in [-0.1, -0.05) is 172 Å². The normalized spacial score (nSPS) is 12.7. The van der Waals surface area contributed by atoms with Crippen molar-refractivity contribution in [2.75, 3.05) is 0 Å². The minimum atomic E-state index is -0.273. The SMILES string of the molecule is CC1(C)c2cc(-c3ccc4nc(-c5ccccc5)c(-c5ccccc5)nc4c3)ccc2-c2ccc(-c3ncc4c(n3)c(-c3ccccc3)c(-c3ccccc3)c3cccnc34)cc21. The summed E-state index contributed by atoms with van der Waals surface area (Å²) in [6, 6.07) is 66.1. The van der Waals surface area contributed by atoms with E-state index < -0.39 is 0 Å². The molecule has 3 aromatic heterocycles. The van der Waals surface area contributed by atoms with Crippen molar-refractivity contribution in [2.45, 2.75) is 19.3 Å². The molecule has 296 valence electrons. The summed E-state index contributed by atoms with van der Waals surface area (Å²) in [6.45, 7) is 4.65. The number of fused-ring (bicyclic) bond motifs is 7. The van der Waals surface area contributed by atoms with Gasteiger partial charge in [0.1, 0.15) is 0 Å². The summed E-state index contributed by atoms with van der Waals surface area (Å²) in [7, 11) is 0. The molecule has 0 fully saturated rings. The zero-order chi connectivity index (χ0) is 42.1. The number of pyridine rings is 1. The molecule has 0 unspecified atom stereocenters. The lowest BCUT2D eigenvalue weighted by molar-refractivity contribution is 0.661. The van der Waals surface area contributed by atoms with Crippen molar-refractivity contribution in [3.63, 3.8) is 0 Å². The summed E-state index contributed by atoms with van der Waals surface area (Å²) in [5.74, 6) is 0.687. The van der Waals surface area contributed by atoms with Crippen molar-refractivity contribution in [3.05, 3.63) is 212 Å². The van der Waals surface area contributed by atoms with E-state index in [4.69, 9.17) is 24.9 Å². The van der Waals surface area contributed by atoms with Crippen LogP contribution in [0.2, 0.25) is 0 Å². The molecule has 0 N–H and O–H groups in total. The Labute approximate surface area is 365 Å². The second-order valence-corrected chi connectivity index (χ2v) is 16.8. The molecule has 1 aliphatic carbocycles. The third kappa shape index (κ3) is 6.04. The number of rotatable bonds is 6. The Morgan fingerprint density at radius 3 is 1.52 bits per heavy atom. The van der Waals surface area contributed by atoms with Crippen LogP contribution in [0.25, 0.3) is 111 Å². The van der Waals surface area contributed by atoms with Gasteiger partial charge in [0.25, 0.3) is 0 Å². The monoisotopic (exact) mass is 805 g/mol. The minimum Gasteiger partial charge on any atom is -0.255 e. The lowest BCUT2D eigenvalue weighted by Crippen LogP contribution is -2.15. The Morgan fingerprint density at radius 1 is 0.365 bits per heavy atom. The highest BCUT2D eigenvalue weighted by molar-refractivity contribution is 6.19. The smallest absolute Gasteiger partial charge is 0.159 e. The summed E-state index contributed by atoms with van der Waals surface area (Å²) in [5.41, 5.74) is 19.8. The molecular formula is C58H39N5. The quantitative estimate of drug-likeness (QED) is 0.157. The lowest BCUT2D eigenvalue weighted by Gasteiger charge is -2.22. The molecule has 0 radical (unpaired) electrons. The van der Waals surface area contributed by atoms with Gasteiger partial charge in [0.05, 0.1) is 33.5 Å². The van der Waals surface area contributed by atoms with Gasteiger partial charge < -0.3 is 0 Å². The van der Waals surface area contributed by atoms with Crippen LogP contribution in [-0.2, 0) is 5.41 Å². The standard InChI is InChI=1S/C58H39N5/c1-58(2)47-32-40(41-27-30-49-50(34-41)62-54(39-22-13-6-14-23-39)53(61-49)38-20-11-5-12-21-38)25-28-43(47)44-29-26-42(33-48(44)58)57-60-35-46-55-45(24-15-31-59-55)51(36-16-7-3-8-17-36)52(56(46)63-57)37-18-9-4-10-19-37/h3-35H,1-2H3. The van der Waals surface area contributed by atoms with Crippen LogP contribution in [0, 0.1) is 0 Å². The Kier molecular flexibility index (Phi) is 8.44. The number of benzene rings is 8. The highest BCUT2D eigenvalue weighted by Crippen LogP contribution is 2.51. The molecule has 0 bridgehead atoms. The van der Waals surface area contributed by atoms with Crippen molar-refractivity contribution in [3.8, 4) is 78.4 Å². The average molecular weight is 806 g/mol. The van der Waals surface area contributed by atoms with E-state index in [1.54, 1.807) is 0 Å². The van der Waals surface area contributed by atoms with E-state index in [0.29, 0.717) is 5.82 Å². The third-order valence-electron chi connectivity index (χ3n) is 12.8. The maximum atomic E-state index is 5.44. The van der Waals surface area contributed by atoms with Gasteiger partial charge in [0, 0.05) is 56.4 Å². The van der Waals surface area contributed by atoms with E-state index in [-0.39, 0.29) is 5.41 Å². The molecule has 3 heterocycles. The van der Waals surface area contributed by atoms with Gasteiger partial charge in [-0.3, -0.25) is 4.98 Å². The molecule has 63 heavy (non-hydrogen) atoms. The summed E-state index contributed by atoms with van der Waals surface area (Å²) in [4.78, 5) is 25.9. The van der Waals surface area contributed by atoms with Crippen LogP contribution in [0.5, 0.6) is 0 Å². The molecule has 0 atom stereocenters. The number of hydrogen-bond donors (Lipinski definition) is 0. The van der Waals surface area contributed by atoms with Crippen molar-refractivity contribution in [1.29, 1.82) is 0 Å². The van der Waals surface area contributed by atoms with E-state index in [1.807, 2.05) is 42.7 Å². The molecule has 5 nitrogen and oxygen atoms in total. The highest BCUT2D eigenvalue weighted by Gasteiger charge is 2.36. The number of nitrogens with zero attached hydrogens (tertiary/aromatic N) is 5. The van der Waals surface area contributed by atoms with Gasteiger partial charge in [-0.05, 0) is 74.8 Å². The second kappa shape index (κ2) is 14.5. The van der Waals surface area contributed by atoms with E-state index in [1.165, 1.54) is 22.3 Å². The van der Waals surface area contributed by atoms with Crippen LogP contribution in [0.4, 0.5) is 0 Å². The fourth-order valence-corrected chi connectivity index (χ4v) is 9.63. The van der Waals surface area contributed by atoms with Crippen molar-refractivity contribution < 1.29 is 0 Å². The summed E-state index contributed by atoms with van der Waals surface area (Å²) in [6.07, 6.45) is 3.82. The van der Waals surface area contributed by atoms with Crippen molar-refractivity contribution in [1.82, 2.24) is 24.9 Å². The van der Waals surface area contributed by atoms with Gasteiger partial charge in [-0.15, -0.1) is 0 Å². The van der Waals surface area contributed by atoms with Crippen LogP contribution in [0.1, 0.15) is 25.0 Å². The largest absolute Gasteiger partial charge is 0.255 e. The Bertz CT molecular complexity index is 3570. The van der Waals surface area contributed by atoms with Crippen LogP contribution >= 0.6 is 0 Å². The highest BCUT2D eigenvalue weighted by atomic mass is 14.9. The topological polar surface area (TPSA) is 64.5 Å². The summed E-state index contributed by atoms with van der Waals surface area (Å²) >= 11 is 0. The second-order valence-electron chi connectivity index (χ2n) is 16.8. The molecule has 1 aliphatic rings. The molecule has 5 heteroatoms. The van der Waals surface area contributed by atoms with Gasteiger partial charge >= 0.3 is 0 Å². The number of hydrogen-bond acceptors (Lipinski definition) is 5. The average Bonchev–Trinajstić information content (AvgIpc) is 3.58. The summed E-state index contributed by atoms with van der Waals surface area (Å²) in [5, 5.41) is 2.01. The number of aromatic nitrogens is 5. The fraction of sp³-hybridized carbons (Fsp3) is 0.0517. The third-order valence-corrected chi connectivity index (χ3v) is 12.8. The van der Waals surface area contributed by atoms with Gasteiger partial charge in [-0.2, -0.15) is 0 Å². The van der Waals surface area contributed by atoms with Gasteiger partial charge in [0.2, 0.25) is 0 Å². The first kappa shape index (κ1) is 36.7. The maximum Gasteiger partial charge on any atom is 0.159 e. The van der Waals surface area contributed by atoms with Crippen molar-refractivity contribution in [2.24, 2.45) is 0 Å². The predicted octanol–water partition coefficient (Wildman–Crippen LogP) is 14.4. The molecule has 8 aromatic carbocycles. The first-order chi connectivity index (χ1) is 31.0. The fourth-order valence-electron chi connectivity index (χ4n) is 9.63. The van der Waals surface area contributed by atoms with E-state index >= 15 is 0 Å².